The van der Waals surface area contributed by atoms with Gasteiger partial charge in [0, 0.05) is 17.7 Å². The van der Waals surface area contributed by atoms with Crippen LogP contribution in [-0.4, -0.2) is 13.4 Å². The fraction of sp³-hybridized carbons (Fsp3) is 0.300. The Morgan fingerprint density at radius 3 is 2.77 bits per heavy atom. The van der Waals surface area contributed by atoms with E-state index in [2.05, 4.69) is 0 Å². The van der Waals surface area contributed by atoms with Crippen molar-refractivity contribution < 1.29 is 9.53 Å². The number of benzene rings is 1. The van der Waals surface area contributed by atoms with E-state index in [0.29, 0.717) is 12.1 Å². The van der Waals surface area contributed by atoms with Crippen molar-refractivity contribution in [3.63, 3.8) is 0 Å². The fourth-order valence-electron chi connectivity index (χ4n) is 1.25. The number of ether oxygens (including phenoxy) is 1. The normalized spacial score (nSPS) is 9.69. The molecule has 0 radical (unpaired) electrons. The highest BCUT2D eigenvalue weighted by Gasteiger charge is 2.06. The van der Waals surface area contributed by atoms with Gasteiger partial charge in [-0.1, -0.05) is 6.07 Å². The molecule has 0 aromatic heterocycles. The number of nitrogen functional groups attached to an aromatic ring is 1. The zero-order valence-electron chi connectivity index (χ0n) is 7.83. The van der Waals surface area contributed by atoms with Crippen molar-refractivity contribution >= 4 is 12.0 Å². The Balaban J connectivity index is 3.14. The van der Waals surface area contributed by atoms with Gasteiger partial charge in [0.2, 0.25) is 0 Å². The number of methoxy groups -OCH3 is 1. The molecule has 0 unspecified atom stereocenters. The summed E-state index contributed by atoms with van der Waals surface area (Å²) in [5, 5.41) is 0. The zero-order chi connectivity index (χ0) is 9.84. The van der Waals surface area contributed by atoms with Gasteiger partial charge < -0.3 is 15.3 Å². The maximum atomic E-state index is 10.3. The quantitative estimate of drug-likeness (QED) is 0.562. The summed E-state index contributed by atoms with van der Waals surface area (Å²) in [7, 11) is 1.60. The second-order valence-corrected chi connectivity index (χ2v) is 2.84. The van der Waals surface area contributed by atoms with Gasteiger partial charge in [0.1, 0.15) is 12.0 Å². The number of carbonyl (C=O) groups excluding carboxylic acids is 1. The van der Waals surface area contributed by atoms with E-state index in [4.69, 9.17) is 10.5 Å². The molecule has 0 aliphatic heterocycles. The molecular formula is C10H13NO2. The Labute approximate surface area is 77.5 Å². The topological polar surface area (TPSA) is 52.3 Å². The molecule has 1 aromatic carbocycles. The summed E-state index contributed by atoms with van der Waals surface area (Å²) in [5.41, 5.74) is 8.20. The molecule has 0 heterocycles. The molecule has 0 atom stereocenters. The van der Waals surface area contributed by atoms with Crippen molar-refractivity contribution in [3.05, 3.63) is 23.3 Å². The molecule has 0 fully saturated rings. The molecular weight excluding hydrogens is 166 g/mol. The zero-order valence-corrected chi connectivity index (χ0v) is 7.83. The molecule has 1 rings (SSSR count). The highest BCUT2D eigenvalue weighted by atomic mass is 16.5. The number of nitrogens with two attached hydrogens (primary N) is 1. The highest BCUT2D eigenvalue weighted by Crippen LogP contribution is 2.26. The van der Waals surface area contributed by atoms with Crippen LogP contribution < -0.4 is 10.5 Å². The lowest BCUT2D eigenvalue weighted by molar-refractivity contribution is -0.107. The number of aldehydes is 1. The molecule has 3 heteroatoms. The average Bonchev–Trinajstić information content (AvgIpc) is 2.14. The third-order valence-electron chi connectivity index (χ3n) is 2.08. The Kier molecular flexibility index (Phi) is 2.90. The lowest BCUT2D eigenvalue weighted by Gasteiger charge is -2.10. The molecule has 0 aliphatic carbocycles. The molecule has 70 valence electrons. The van der Waals surface area contributed by atoms with E-state index >= 15 is 0 Å². The van der Waals surface area contributed by atoms with Crippen molar-refractivity contribution in [2.24, 2.45) is 0 Å². The van der Waals surface area contributed by atoms with Crippen molar-refractivity contribution in [2.75, 3.05) is 12.8 Å². The van der Waals surface area contributed by atoms with Crippen molar-refractivity contribution in [1.82, 2.24) is 0 Å². The summed E-state index contributed by atoms with van der Waals surface area (Å²) in [4.78, 5) is 10.3. The fourth-order valence-corrected chi connectivity index (χ4v) is 1.25. The minimum Gasteiger partial charge on any atom is -0.496 e. The minimum absolute atomic E-state index is 0.358. The first-order valence-electron chi connectivity index (χ1n) is 4.06. The van der Waals surface area contributed by atoms with Crippen LogP contribution in [0.1, 0.15) is 11.1 Å². The highest BCUT2D eigenvalue weighted by molar-refractivity contribution is 5.66. The van der Waals surface area contributed by atoms with Crippen LogP contribution in [0.2, 0.25) is 0 Å². The molecule has 2 N–H and O–H groups in total. The predicted octanol–water partition coefficient (Wildman–Crippen LogP) is 1.33. The van der Waals surface area contributed by atoms with Gasteiger partial charge in [-0.05, 0) is 18.6 Å². The van der Waals surface area contributed by atoms with Crippen LogP contribution in [0.5, 0.6) is 5.75 Å². The SMILES string of the molecule is COc1ccc(CC=O)c(N)c1C. The van der Waals surface area contributed by atoms with Gasteiger partial charge in [-0.15, -0.1) is 0 Å². The molecule has 0 spiro atoms. The molecule has 0 aliphatic rings. The molecule has 0 bridgehead atoms. The number of hydrogen-bond acceptors (Lipinski definition) is 3. The van der Waals surface area contributed by atoms with Crippen LogP contribution in [0.25, 0.3) is 0 Å². The van der Waals surface area contributed by atoms with Crippen LogP contribution in [0.3, 0.4) is 0 Å². The number of rotatable bonds is 3. The van der Waals surface area contributed by atoms with E-state index in [1.54, 1.807) is 7.11 Å². The first-order valence-corrected chi connectivity index (χ1v) is 4.06. The maximum absolute atomic E-state index is 10.3. The van der Waals surface area contributed by atoms with Gasteiger partial charge in [-0.2, -0.15) is 0 Å². The number of hydrogen-bond donors (Lipinski definition) is 1. The van der Waals surface area contributed by atoms with Crippen molar-refractivity contribution in [3.8, 4) is 5.75 Å². The second-order valence-electron chi connectivity index (χ2n) is 2.84. The van der Waals surface area contributed by atoms with Gasteiger partial charge in [0.25, 0.3) is 0 Å². The molecule has 0 amide bonds. The lowest BCUT2D eigenvalue weighted by atomic mass is 10.1. The molecule has 1 aromatic rings. The van der Waals surface area contributed by atoms with Gasteiger partial charge >= 0.3 is 0 Å². The molecule has 0 saturated heterocycles. The average molecular weight is 179 g/mol. The van der Waals surface area contributed by atoms with Gasteiger partial charge in [-0.25, -0.2) is 0 Å². The summed E-state index contributed by atoms with van der Waals surface area (Å²) in [6, 6.07) is 3.64. The first-order chi connectivity index (χ1) is 6.20. The first kappa shape index (κ1) is 9.58. The number of carbonyl (C=O) groups is 1. The summed E-state index contributed by atoms with van der Waals surface area (Å²) in [6.45, 7) is 1.88. The van der Waals surface area contributed by atoms with Crippen LogP contribution in [0, 0.1) is 6.92 Å². The molecule has 13 heavy (non-hydrogen) atoms. The minimum atomic E-state index is 0.358. The summed E-state index contributed by atoms with van der Waals surface area (Å²) in [5.74, 6) is 0.757. The van der Waals surface area contributed by atoms with Crippen molar-refractivity contribution in [2.45, 2.75) is 13.3 Å². The Morgan fingerprint density at radius 2 is 2.23 bits per heavy atom. The van der Waals surface area contributed by atoms with Gasteiger partial charge in [-0.3, -0.25) is 0 Å². The van der Waals surface area contributed by atoms with Crippen molar-refractivity contribution in [1.29, 1.82) is 0 Å². The predicted molar refractivity (Wildman–Crippen MR) is 51.9 cm³/mol. The monoisotopic (exact) mass is 179 g/mol. The largest absolute Gasteiger partial charge is 0.496 e. The van der Waals surface area contributed by atoms with E-state index in [9.17, 15) is 4.79 Å². The van der Waals surface area contributed by atoms with Gasteiger partial charge in [0.05, 0.1) is 7.11 Å². The number of anilines is 1. The van der Waals surface area contributed by atoms with E-state index in [1.165, 1.54) is 0 Å². The van der Waals surface area contributed by atoms with Crippen LogP contribution >= 0.6 is 0 Å². The van der Waals surface area contributed by atoms with E-state index in [0.717, 1.165) is 23.2 Å². The summed E-state index contributed by atoms with van der Waals surface area (Å²) >= 11 is 0. The molecule has 0 saturated carbocycles. The molecule has 3 nitrogen and oxygen atoms in total. The second kappa shape index (κ2) is 3.94. The Hall–Kier alpha value is -1.51. The lowest BCUT2D eigenvalue weighted by Crippen LogP contribution is -2.00. The van der Waals surface area contributed by atoms with Crippen LogP contribution in [0.15, 0.2) is 12.1 Å². The van der Waals surface area contributed by atoms with E-state index in [1.807, 2.05) is 19.1 Å². The summed E-state index contributed by atoms with van der Waals surface area (Å²) < 4.78 is 5.09. The van der Waals surface area contributed by atoms with Gasteiger partial charge in [0.15, 0.2) is 0 Å². The third-order valence-corrected chi connectivity index (χ3v) is 2.08. The maximum Gasteiger partial charge on any atom is 0.124 e. The van der Waals surface area contributed by atoms with Crippen LogP contribution in [-0.2, 0) is 11.2 Å². The summed E-state index contributed by atoms with van der Waals surface area (Å²) in [6.07, 6.45) is 1.20. The Bertz CT molecular complexity index is 321. The van der Waals surface area contributed by atoms with E-state index in [-0.39, 0.29) is 0 Å². The smallest absolute Gasteiger partial charge is 0.124 e. The van der Waals surface area contributed by atoms with Crippen LogP contribution in [0.4, 0.5) is 5.69 Å². The standard InChI is InChI=1S/C10H13NO2/c1-7-9(13-2)4-3-8(5-6-12)10(7)11/h3-4,6H,5,11H2,1-2H3. The Morgan fingerprint density at radius 1 is 1.54 bits per heavy atom. The van der Waals surface area contributed by atoms with E-state index < -0.39 is 0 Å². The third kappa shape index (κ3) is 1.80.